The number of carbonyl (C=O) groups excluding carboxylic acids is 2. The molecule has 6 N–H and O–H groups in total. The maximum atomic E-state index is 12.1. The zero-order chi connectivity index (χ0) is 19.9. The molecule has 2 amide bonds. The Hall–Kier alpha value is -3.23. The molecule has 1 rings (SSSR count). The number of nitrogens with two attached hydrogens (primary N) is 2. The van der Waals surface area contributed by atoms with E-state index in [2.05, 4.69) is 15.6 Å². The molecule has 9 nitrogen and oxygen atoms in total. The Balaban J connectivity index is 3.27. The van der Waals surface area contributed by atoms with Gasteiger partial charge in [0, 0.05) is 42.7 Å². The van der Waals surface area contributed by atoms with Gasteiger partial charge in [-0.3, -0.25) is 10.1 Å². The normalized spacial score (nSPS) is 12.3. The predicted molar refractivity (Wildman–Crippen MR) is 99.8 cm³/mol. The van der Waals surface area contributed by atoms with E-state index in [1.807, 2.05) is 0 Å². The Morgan fingerprint density at radius 2 is 1.92 bits per heavy atom. The number of nitrogens with zero attached hydrogens (tertiary/aromatic N) is 1. The van der Waals surface area contributed by atoms with Crippen LogP contribution in [0, 0.1) is 0 Å². The summed E-state index contributed by atoms with van der Waals surface area (Å²) in [6, 6.07) is 1.47. The Bertz CT molecular complexity index is 735. The molecule has 0 aliphatic carbocycles. The van der Waals surface area contributed by atoms with Crippen LogP contribution in [0.4, 0.5) is 16.3 Å². The van der Waals surface area contributed by atoms with Crippen molar-refractivity contribution < 1.29 is 19.1 Å². The first-order valence-electron chi connectivity index (χ1n) is 7.76. The Morgan fingerprint density at radius 3 is 2.42 bits per heavy atom. The van der Waals surface area contributed by atoms with Crippen LogP contribution in [-0.4, -0.2) is 29.7 Å². The van der Waals surface area contributed by atoms with E-state index in [0.717, 1.165) is 0 Å². The van der Waals surface area contributed by atoms with E-state index in [1.165, 1.54) is 38.6 Å². The molecule has 0 atom stereocenters. The lowest BCUT2D eigenvalue weighted by Crippen LogP contribution is -2.27. The van der Waals surface area contributed by atoms with Gasteiger partial charge in [0.25, 0.3) is 0 Å². The summed E-state index contributed by atoms with van der Waals surface area (Å²) in [6.45, 7) is 6.58. The first-order chi connectivity index (χ1) is 12.1. The Labute approximate surface area is 152 Å². The first kappa shape index (κ1) is 20.8. The number of hydrogen-bond acceptors (Lipinski definition) is 7. The van der Waals surface area contributed by atoms with Crippen LogP contribution in [0.5, 0.6) is 0 Å². The second-order valence-electron chi connectivity index (χ2n) is 6.30. The van der Waals surface area contributed by atoms with Gasteiger partial charge in [0.1, 0.15) is 17.2 Å². The molecule has 0 saturated carbocycles. The Morgan fingerprint density at radius 1 is 1.27 bits per heavy atom. The van der Waals surface area contributed by atoms with Crippen molar-refractivity contribution in [2.45, 2.75) is 33.3 Å². The van der Waals surface area contributed by atoms with Crippen LogP contribution in [0.2, 0.25) is 0 Å². The highest BCUT2D eigenvalue weighted by Crippen LogP contribution is 2.25. The zero-order valence-electron chi connectivity index (χ0n) is 15.5. The van der Waals surface area contributed by atoms with E-state index in [4.69, 9.17) is 20.9 Å². The molecule has 0 bridgehead atoms. The maximum Gasteiger partial charge on any atom is 0.412 e. The monoisotopic (exact) mass is 363 g/mol. The minimum absolute atomic E-state index is 0.247. The second-order valence-corrected chi connectivity index (χ2v) is 6.30. The first-order valence-corrected chi connectivity index (χ1v) is 7.76. The minimum Gasteiger partial charge on any atom is -0.495 e. The van der Waals surface area contributed by atoms with Crippen molar-refractivity contribution in [1.29, 1.82) is 0 Å². The molecule has 0 aliphatic heterocycles. The van der Waals surface area contributed by atoms with Crippen LogP contribution in [-0.2, 0) is 14.3 Å². The quantitative estimate of drug-likeness (QED) is 0.464. The number of anilines is 2. The smallest absolute Gasteiger partial charge is 0.412 e. The van der Waals surface area contributed by atoms with Gasteiger partial charge in [0.15, 0.2) is 0 Å². The van der Waals surface area contributed by atoms with Gasteiger partial charge in [-0.1, -0.05) is 0 Å². The van der Waals surface area contributed by atoms with E-state index in [1.54, 1.807) is 20.8 Å². The van der Waals surface area contributed by atoms with E-state index >= 15 is 0 Å². The summed E-state index contributed by atoms with van der Waals surface area (Å²) in [5.41, 5.74) is 11.8. The maximum absolute atomic E-state index is 12.1. The van der Waals surface area contributed by atoms with Gasteiger partial charge in [-0.25, -0.2) is 9.78 Å². The van der Waals surface area contributed by atoms with Crippen molar-refractivity contribution in [3.8, 4) is 0 Å². The Kier molecular flexibility index (Phi) is 7.00. The van der Waals surface area contributed by atoms with Crippen LogP contribution in [0.25, 0.3) is 5.70 Å². The minimum atomic E-state index is -0.676. The number of nitrogens with one attached hydrogen (secondary N) is 2. The predicted octanol–water partition coefficient (Wildman–Crippen LogP) is 2.13. The van der Waals surface area contributed by atoms with Crippen LogP contribution in [0.15, 0.2) is 30.3 Å². The summed E-state index contributed by atoms with van der Waals surface area (Å²) in [7, 11) is 1.44. The number of rotatable bonds is 5. The highest BCUT2D eigenvalue weighted by Gasteiger charge is 2.18. The van der Waals surface area contributed by atoms with Crippen LogP contribution in [0.3, 0.4) is 0 Å². The summed E-state index contributed by atoms with van der Waals surface area (Å²) < 4.78 is 10.3. The summed E-state index contributed by atoms with van der Waals surface area (Å²) in [5.74, 6) is 0.280. The number of hydrogen-bond donors (Lipinski definition) is 4. The number of aromatic nitrogens is 1. The molecular weight excluding hydrogens is 338 g/mol. The number of carbonyl (C=O) groups is 2. The molecule has 9 heteroatoms. The fourth-order valence-corrected chi connectivity index (χ4v) is 1.86. The average molecular weight is 363 g/mol. The molecule has 0 radical (unpaired) electrons. The summed E-state index contributed by atoms with van der Waals surface area (Å²) in [4.78, 5) is 27.5. The van der Waals surface area contributed by atoms with Gasteiger partial charge >= 0.3 is 6.09 Å². The highest BCUT2D eigenvalue weighted by atomic mass is 16.6. The largest absolute Gasteiger partial charge is 0.495 e. The molecule has 1 aromatic rings. The van der Waals surface area contributed by atoms with Crippen molar-refractivity contribution >= 4 is 29.2 Å². The van der Waals surface area contributed by atoms with E-state index in [-0.39, 0.29) is 17.4 Å². The number of ether oxygens (including phenoxy) is 2. The lowest BCUT2D eigenvalue weighted by Gasteiger charge is -2.20. The standard InChI is InChI=1S/C17H25N5O4/c1-10(23)21-15-7-14(22-16(24)26-17(2,3)4)12(9-20-15)13(19)6-11(8-18)25-5/h6-9H,18-19H2,1-5H3,(H2,20,21,22,23,24)/b11-8+,13-6-. The molecule has 0 aliphatic rings. The second kappa shape index (κ2) is 8.75. The number of pyridine rings is 1. The zero-order valence-corrected chi connectivity index (χ0v) is 15.5. The van der Waals surface area contributed by atoms with Gasteiger partial charge in [-0.2, -0.15) is 0 Å². The van der Waals surface area contributed by atoms with Crippen molar-refractivity contribution in [1.82, 2.24) is 4.98 Å². The molecule has 0 fully saturated rings. The third kappa shape index (κ3) is 6.71. The van der Waals surface area contributed by atoms with Crippen LogP contribution in [0.1, 0.15) is 33.3 Å². The lowest BCUT2D eigenvalue weighted by atomic mass is 10.1. The fraction of sp³-hybridized carbons (Fsp3) is 0.353. The summed E-state index contributed by atoms with van der Waals surface area (Å²) in [5, 5.41) is 5.14. The van der Waals surface area contributed by atoms with Crippen LogP contribution < -0.4 is 22.1 Å². The third-order valence-corrected chi connectivity index (χ3v) is 2.85. The van der Waals surface area contributed by atoms with Crippen molar-refractivity contribution in [3.63, 3.8) is 0 Å². The highest BCUT2D eigenvalue weighted by molar-refractivity contribution is 5.93. The molecule has 0 saturated heterocycles. The van der Waals surface area contributed by atoms with Gasteiger partial charge in [-0.05, 0) is 20.8 Å². The molecule has 26 heavy (non-hydrogen) atoms. The number of allylic oxidation sites excluding steroid dienone is 1. The lowest BCUT2D eigenvalue weighted by molar-refractivity contribution is -0.114. The molecule has 0 aromatic carbocycles. The molecule has 1 aromatic heterocycles. The summed E-state index contributed by atoms with van der Waals surface area (Å²) >= 11 is 0. The number of amides is 2. The van der Waals surface area contributed by atoms with E-state index < -0.39 is 11.7 Å². The van der Waals surface area contributed by atoms with Crippen molar-refractivity contribution in [3.05, 3.63) is 35.9 Å². The van der Waals surface area contributed by atoms with Gasteiger partial charge in [0.05, 0.1) is 12.8 Å². The van der Waals surface area contributed by atoms with Gasteiger partial charge < -0.3 is 26.3 Å². The third-order valence-electron chi connectivity index (χ3n) is 2.85. The molecular formula is C17H25N5O4. The summed E-state index contributed by atoms with van der Waals surface area (Å²) in [6.07, 6.45) is 3.46. The van der Waals surface area contributed by atoms with Crippen molar-refractivity contribution in [2.75, 3.05) is 17.7 Å². The van der Waals surface area contributed by atoms with Crippen LogP contribution >= 0.6 is 0 Å². The molecule has 1 heterocycles. The van der Waals surface area contributed by atoms with E-state index in [0.29, 0.717) is 17.0 Å². The van der Waals surface area contributed by atoms with Gasteiger partial charge in [-0.15, -0.1) is 0 Å². The molecule has 0 unspecified atom stereocenters. The average Bonchev–Trinajstić information content (AvgIpc) is 2.50. The molecule has 142 valence electrons. The topological polar surface area (TPSA) is 142 Å². The van der Waals surface area contributed by atoms with Gasteiger partial charge in [0.2, 0.25) is 5.91 Å². The van der Waals surface area contributed by atoms with E-state index in [9.17, 15) is 9.59 Å². The van der Waals surface area contributed by atoms with Crippen molar-refractivity contribution in [2.24, 2.45) is 11.5 Å². The number of methoxy groups -OCH3 is 1. The fourth-order valence-electron chi connectivity index (χ4n) is 1.86. The SMILES string of the molecule is COC(/C=C(\N)c1cnc(NC(C)=O)cc1NC(=O)OC(C)(C)C)=C/N. The molecule has 0 spiro atoms.